The van der Waals surface area contributed by atoms with Crippen LogP contribution in [0.3, 0.4) is 0 Å². The molecule has 0 aliphatic heterocycles. The lowest BCUT2D eigenvalue weighted by Crippen LogP contribution is -2.24. The van der Waals surface area contributed by atoms with Crippen molar-refractivity contribution in [3.8, 4) is 17.2 Å². The van der Waals surface area contributed by atoms with Crippen molar-refractivity contribution in [2.75, 3.05) is 26.9 Å². The molecule has 0 saturated carbocycles. The Labute approximate surface area is 163 Å². The van der Waals surface area contributed by atoms with Crippen molar-refractivity contribution >= 4 is 18.1 Å². The molecule has 0 saturated heterocycles. The summed E-state index contributed by atoms with van der Waals surface area (Å²) in [5.74, 6) is 0.807. The van der Waals surface area contributed by atoms with Gasteiger partial charge in [-0.1, -0.05) is 12.1 Å². The number of rotatable bonds is 10. The number of carbonyl (C=O) groups is 2. The van der Waals surface area contributed by atoms with Crippen LogP contribution in [0.15, 0.2) is 53.6 Å². The minimum absolute atomic E-state index is 0.190. The van der Waals surface area contributed by atoms with Crippen LogP contribution < -0.4 is 19.6 Å². The minimum atomic E-state index is -0.460. The number of para-hydroxylation sites is 1. The number of amides is 1. The van der Waals surface area contributed by atoms with Gasteiger partial charge in [-0.15, -0.1) is 0 Å². The van der Waals surface area contributed by atoms with Crippen molar-refractivity contribution in [3.05, 3.63) is 54.1 Å². The summed E-state index contributed by atoms with van der Waals surface area (Å²) in [5, 5.41) is 3.88. The van der Waals surface area contributed by atoms with Gasteiger partial charge in [0.05, 0.1) is 19.9 Å². The van der Waals surface area contributed by atoms with Gasteiger partial charge in [0.25, 0.3) is 5.91 Å². The molecule has 148 valence electrons. The predicted octanol–water partition coefficient (Wildman–Crippen LogP) is 2.17. The van der Waals surface area contributed by atoms with Gasteiger partial charge in [0.2, 0.25) is 0 Å². The van der Waals surface area contributed by atoms with Crippen molar-refractivity contribution in [1.29, 1.82) is 0 Å². The molecule has 0 unspecified atom stereocenters. The van der Waals surface area contributed by atoms with Crippen LogP contribution in [0.25, 0.3) is 0 Å². The van der Waals surface area contributed by atoms with Crippen molar-refractivity contribution in [2.24, 2.45) is 5.10 Å². The lowest BCUT2D eigenvalue weighted by molar-refractivity contribution is -0.145. The first-order valence-electron chi connectivity index (χ1n) is 8.58. The molecule has 28 heavy (non-hydrogen) atoms. The second-order valence-corrected chi connectivity index (χ2v) is 5.39. The molecule has 8 heteroatoms. The standard InChI is InChI=1S/C20H22N2O6/c1-3-26-20(24)14-28-18-7-5-4-6-15(18)12-21-22-19(23)13-27-17-10-8-16(25-2)9-11-17/h4-12H,3,13-14H2,1-2H3,(H,22,23). The Hall–Kier alpha value is -3.55. The Kier molecular flexibility index (Phi) is 8.32. The van der Waals surface area contributed by atoms with E-state index in [1.54, 1.807) is 62.6 Å². The lowest BCUT2D eigenvalue weighted by atomic mass is 10.2. The van der Waals surface area contributed by atoms with E-state index in [0.29, 0.717) is 22.8 Å². The van der Waals surface area contributed by atoms with Crippen LogP contribution in [0.5, 0.6) is 17.2 Å². The number of hydrogen-bond donors (Lipinski definition) is 1. The number of carbonyl (C=O) groups excluding carboxylic acids is 2. The fourth-order valence-corrected chi connectivity index (χ4v) is 2.08. The molecule has 8 nitrogen and oxygen atoms in total. The van der Waals surface area contributed by atoms with Gasteiger partial charge in [-0.2, -0.15) is 5.10 Å². The maximum absolute atomic E-state index is 11.8. The van der Waals surface area contributed by atoms with Gasteiger partial charge >= 0.3 is 5.97 Å². The number of hydrogen-bond acceptors (Lipinski definition) is 7. The van der Waals surface area contributed by atoms with Crippen LogP contribution in [0.1, 0.15) is 12.5 Å². The molecule has 1 amide bonds. The maximum atomic E-state index is 11.8. The average molecular weight is 386 g/mol. The molecule has 2 rings (SSSR count). The van der Waals surface area contributed by atoms with Crippen LogP contribution in [0.2, 0.25) is 0 Å². The third-order valence-electron chi connectivity index (χ3n) is 3.39. The zero-order valence-electron chi connectivity index (χ0n) is 15.7. The Morgan fingerprint density at radius 3 is 2.43 bits per heavy atom. The van der Waals surface area contributed by atoms with Gasteiger partial charge in [-0.3, -0.25) is 4.79 Å². The van der Waals surface area contributed by atoms with Gasteiger partial charge in [-0.05, 0) is 43.3 Å². The van der Waals surface area contributed by atoms with Gasteiger partial charge in [0.1, 0.15) is 17.2 Å². The second kappa shape index (κ2) is 11.2. The first kappa shape index (κ1) is 20.8. The molecule has 0 atom stereocenters. The van der Waals surface area contributed by atoms with E-state index in [4.69, 9.17) is 18.9 Å². The monoisotopic (exact) mass is 386 g/mol. The van der Waals surface area contributed by atoms with Gasteiger partial charge in [0.15, 0.2) is 13.2 Å². The number of ether oxygens (including phenoxy) is 4. The van der Waals surface area contributed by atoms with E-state index in [9.17, 15) is 9.59 Å². The number of esters is 1. The fraction of sp³-hybridized carbons (Fsp3) is 0.250. The van der Waals surface area contributed by atoms with Crippen molar-refractivity contribution < 1.29 is 28.5 Å². The highest BCUT2D eigenvalue weighted by molar-refractivity contribution is 5.85. The van der Waals surface area contributed by atoms with E-state index in [1.807, 2.05) is 0 Å². The summed E-state index contributed by atoms with van der Waals surface area (Å²) in [5.41, 5.74) is 2.97. The third-order valence-corrected chi connectivity index (χ3v) is 3.39. The third kappa shape index (κ3) is 6.99. The van der Waals surface area contributed by atoms with Gasteiger partial charge < -0.3 is 18.9 Å². The second-order valence-electron chi connectivity index (χ2n) is 5.39. The van der Waals surface area contributed by atoms with E-state index in [2.05, 4.69) is 10.5 Å². The molecule has 1 N–H and O–H groups in total. The predicted molar refractivity (Wildman–Crippen MR) is 103 cm³/mol. The summed E-state index contributed by atoms with van der Waals surface area (Å²) < 4.78 is 20.7. The number of benzene rings is 2. The number of nitrogens with zero attached hydrogens (tertiary/aromatic N) is 1. The van der Waals surface area contributed by atoms with E-state index < -0.39 is 11.9 Å². The van der Waals surface area contributed by atoms with Gasteiger partial charge in [-0.25, -0.2) is 10.2 Å². The molecule has 2 aromatic carbocycles. The van der Waals surface area contributed by atoms with Crippen LogP contribution >= 0.6 is 0 Å². The summed E-state index contributed by atoms with van der Waals surface area (Å²) in [6, 6.07) is 13.8. The number of hydrazone groups is 1. The van der Waals surface area contributed by atoms with Crippen molar-refractivity contribution in [1.82, 2.24) is 5.43 Å². The first-order chi connectivity index (χ1) is 13.6. The average Bonchev–Trinajstić information content (AvgIpc) is 2.72. The van der Waals surface area contributed by atoms with E-state index in [0.717, 1.165) is 0 Å². The smallest absolute Gasteiger partial charge is 0.344 e. The molecule has 0 aliphatic carbocycles. The molecule has 0 aliphatic rings. The highest BCUT2D eigenvalue weighted by Crippen LogP contribution is 2.17. The molecule has 0 aromatic heterocycles. The normalized spacial score (nSPS) is 10.4. The Bertz CT molecular complexity index is 805. The zero-order chi connectivity index (χ0) is 20.2. The molecule has 0 spiro atoms. The van der Waals surface area contributed by atoms with E-state index in [1.165, 1.54) is 6.21 Å². The first-order valence-corrected chi connectivity index (χ1v) is 8.58. The zero-order valence-corrected chi connectivity index (χ0v) is 15.7. The summed E-state index contributed by atoms with van der Waals surface area (Å²) in [4.78, 5) is 23.2. The molecule has 0 bridgehead atoms. The quantitative estimate of drug-likeness (QED) is 0.382. The lowest BCUT2D eigenvalue weighted by Gasteiger charge is -2.08. The molecule has 0 heterocycles. The summed E-state index contributed by atoms with van der Waals surface area (Å²) >= 11 is 0. The number of nitrogens with one attached hydrogen (secondary N) is 1. The summed E-state index contributed by atoms with van der Waals surface area (Å²) in [7, 11) is 1.57. The molecule has 2 aromatic rings. The van der Waals surface area contributed by atoms with Crippen molar-refractivity contribution in [3.63, 3.8) is 0 Å². The number of methoxy groups -OCH3 is 1. The van der Waals surface area contributed by atoms with Crippen LogP contribution in [0, 0.1) is 0 Å². The topological polar surface area (TPSA) is 95.5 Å². The Balaban J connectivity index is 1.82. The van der Waals surface area contributed by atoms with Crippen LogP contribution in [-0.2, 0) is 14.3 Å². The Morgan fingerprint density at radius 1 is 1.00 bits per heavy atom. The largest absolute Gasteiger partial charge is 0.497 e. The SMILES string of the molecule is CCOC(=O)COc1ccccc1C=NNC(=O)COc1ccc(OC)cc1. The summed E-state index contributed by atoms with van der Waals surface area (Å²) in [6.45, 7) is 1.61. The van der Waals surface area contributed by atoms with Gasteiger partial charge in [0, 0.05) is 5.56 Å². The van der Waals surface area contributed by atoms with E-state index in [-0.39, 0.29) is 19.8 Å². The van der Waals surface area contributed by atoms with Crippen LogP contribution in [0.4, 0.5) is 0 Å². The molecular weight excluding hydrogens is 364 g/mol. The fourth-order valence-electron chi connectivity index (χ4n) is 2.08. The van der Waals surface area contributed by atoms with E-state index >= 15 is 0 Å². The molecule has 0 fully saturated rings. The Morgan fingerprint density at radius 2 is 1.71 bits per heavy atom. The summed E-state index contributed by atoms with van der Waals surface area (Å²) in [6.07, 6.45) is 1.42. The maximum Gasteiger partial charge on any atom is 0.344 e. The highest BCUT2D eigenvalue weighted by Gasteiger charge is 2.06. The van der Waals surface area contributed by atoms with Crippen molar-refractivity contribution in [2.45, 2.75) is 6.92 Å². The molecule has 0 radical (unpaired) electrons. The van der Waals surface area contributed by atoms with Crippen LogP contribution in [-0.4, -0.2) is 45.0 Å². The minimum Gasteiger partial charge on any atom is -0.497 e. The highest BCUT2D eigenvalue weighted by atomic mass is 16.6. The molecular formula is C20H22N2O6.